The predicted octanol–water partition coefficient (Wildman–Crippen LogP) is 3.59. The van der Waals surface area contributed by atoms with Gasteiger partial charge in [-0.3, -0.25) is 4.79 Å². The van der Waals surface area contributed by atoms with Crippen LogP contribution in [-0.4, -0.2) is 27.5 Å². The molecule has 4 rings (SSSR count). The van der Waals surface area contributed by atoms with Crippen LogP contribution in [0.2, 0.25) is 0 Å². The first-order chi connectivity index (χ1) is 11.6. The van der Waals surface area contributed by atoms with Gasteiger partial charge in [0.15, 0.2) is 5.82 Å². The van der Waals surface area contributed by atoms with Crippen molar-refractivity contribution in [2.75, 3.05) is 6.54 Å². The van der Waals surface area contributed by atoms with Gasteiger partial charge in [-0.05, 0) is 36.8 Å². The summed E-state index contributed by atoms with van der Waals surface area (Å²) in [5.74, 6) is 1.72. The largest absolute Gasteiger partial charge is 0.339 e. The molecule has 0 bridgehead atoms. The second-order valence-electron chi connectivity index (χ2n) is 7.13. The van der Waals surface area contributed by atoms with E-state index >= 15 is 0 Å². The molecule has 126 valence electrons. The highest BCUT2D eigenvalue weighted by Crippen LogP contribution is 2.39. The summed E-state index contributed by atoms with van der Waals surface area (Å²) in [7, 11) is 0. The molecule has 1 aromatic heterocycles. The Kier molecular flexibility index (Phi) is 3.87. The highest BCUT2D eigenvalue weighted by atomic mass is 16.5. The van der Waals surface area contributed by atoms with Crippen molar-refractivity contribution in [3.05, 3.63) is 47.1 Å². The molecule has 0 unspecified atom stereocenters. The highest BCUT2D eigenvalue weighted by molar-refractivity contribution is 5.85. The summed E-state index contributed by atoms with van der Waals surface area (Å²) in [6, 6.07) is 8.28. The Bertz CT molecular complexity index is 753. The van der Waals surface area contributed by atoms with Crippen LogP contribution < -0.4 is 0 Å². The van der Waals surface area contributed by atoms with Crippen LogP contribution >= 0.6 is 0 Å². The van der Waals surface area contributed by atoms with E-state index in [-0.39, 0.29) is 23.8 Å². The van der Waals surface area contributed by atoms with Gasteiger partial charge in [0.25, 0.3) is 0 Å². The van der Waals surface area contributed by atoms with Crippen LogP contribution in [0, 0.1) is 0 Å². The molecule has 5 heteroatoms. The Morgan fingerprint density at radius 3 is 2.92 bits per heavy atom. The van der Waals surface area contributed by atoms with E-state index in [1.165, 1.54) is 11.1 Å². The fourth-order valence-corrected chi connectivity index (χ4v) is 3.93. The van der Waals surface area contributed by atoms with Crippen molar-refractivity contribution in [3.8, 4) is 0 Å². The van der Waals surface area contributed by atoms with E-state index in [9.17, 15) is 4.79 Å². The number of amides is 1. The van der Waals surface area contributed by atoms with Gasteiger partial charge in [0, 0.05) is 12.5 Å². The zero-order valence-corrected chi connectivity index (χ0v) is 14.2. The van der Waals surface area contributed by atoms with Crippen molar-refractivity contribution in [2.24, 2.45) is 0 Å². The molecule has 1 aliphatic carbocycles. The Hall–Kier alpha value is -2.17. The van der Waals surface area contributed by atoms with E-state index in [0.29, 0.717) is 11.7 Å². The van der Waals surface area contributed by atoms with Crippen LogP contribution in [0.4, 0.5) is 0 Å². The fourth-order valence-electron chi connectivity index (χ4n) is 3.93. The summed E-state index contributed by atoms with van der Waals surface area (Å²) in [6.07, 6.45) is 3.81. The van der Waals surface area contributed by atoms with E-state index in [0.717, 1.165) is 32.2 Å². The van der Waals surface area contributed by atoms with Gasteiger partial charge in [-0.2, -0.15) is 4.98 Å². The van der Waals surface area contributed by atoms with Gasteiger partial charge in [0.1, 0.15) is 0 Å². The molecule has 2 heterocycles. The second-order valence-corrected chi connectivity index (χ2v) is 7.13. The predicted molar refractivity (Wildman–Crippen MR) is 89.6 cm³/mol. The van der Waals surface area contributed by atoms with Crippen molar-refractivity contribution in [1.82, 2.24) is 15.0 Å². The number of nitrogens with zero attached hydrogens (tertiary/aromatic N) is 3. The Morgan fingerprint density at radius 1 is 1.29 bits per heavy atom. The summed E-state index contributed by atoms with van der Waals surface area (Å²) < 4.78 is 5.35. The van der Waals surface area contributed by atoms with Crippen LogP contribution in [0.1, 0.15) is 73.8 Å². The number of aryl methyl sites for hydroxylation is 1. The zero-order chi connectivity index (χ0) is 16.7. The van der Waals surface area contributed by atoms with Gasteiger partial charge in [-0.25, -0.2) is 0 Å². The molecular weight excluding hydrogens is 302 g/mol. The van der Waals surface area contributed by atoms with Crippen LogP contribution in [0.25, 0.3) is 0 Å². The summed E-state index contributed by atoms with van der Waals surface area (Å²) >= 11 is 0. The number of fused-ring (bicyclic) bond motifs is 1. The maximum atomic E-state index is 13.2. The molecular formula is C19H23N3O2. The van der Waals surface area contributed by atoms with E-state index in [1.807, 2.05) is 24.8 Å². The minimum absolute atomic E-state index is 0.0155. The van der Waals surface area contributed by atoms with Gasteiger partial charge in [-0.1, -0.05) is 43.3 Å². The fraction of sp³-hybridized carbons (Fsp3) is 0.526. The molecule has 24 heavy (non-hydrogen) atoms. The lowest BCUT2D eigenvalue weighted by Crippen LogP contribution is -2.34. The minimum atomic E-state index is -0.0403. The third-order valence-corrected chi connectivity index (χ3v) is 5.22. The lowest BCUT2D eigenvalue weighted by atomic mass is 9.99. The quantitative estimate of drug-likeness (QED) is 0.865. The molecule has 5 nitrogen and oxygen atoms in total. The van der Waals surface area contributed by atoms with E-state index in [1.54, 1.807) is 0 Å². The summed E-state index contributed by atoms with van der Waals surface area (Å²) in [5, 5.41) is 4.14. The lowest BCUT2D eigenvalue weighted by Gasteiger charge is -2.25. The van der Waals surface area contributed by atoms with Crippen molar-refractivity contribution in [2.45, 2.75) is 57.4 Å². The van der Waals surface area contributed by atoms with Crippen molar-refractivity contribution >= 4 is 5.91 Å². The van der Waals surface area contributed by atoms with Gasteiger partial charge < -0.3 is 9.42 Å². The average Bonchev–Trinajstić information content (AvgIpc) is 3.31. The van der Waals surface area contributed by atoms with Gasteiger partial charge in [-0.15, -0.1) is 0 Å². The maximum absolute atomic E-state index is 13.2. The highest BCUT2D eigenvalue weighted by Gasteiger charge is 2.39. The standard InChI is InChI=1S/C19H23N3O2/c1-12(2)18-20-17(21-24-18)16-8-5-11-22(16)19(23)15-10-9-13-6-3-4-7-14(13)15/h3-4,6-7,12,15-16H,5,8-11H2,1-2H3/t15-,16+/m1/s1. The Morgan fingerprint density at radius 2 is 2.12 bits per heavy atom. The molecule has 0 saturated carbocycles. The number of rotatable bonds is 3. The maximum Gasteiger partial charge on any atom is 0.230 e. The second kappa shape index (κ2) is 6.04. The number of carbonyl (C=O) groups excluding carboxylic acids is 1. The topological polar surface area (TPSA) is 59.2 Å². The molecule has 1 amide bonds. The van der Waals surface area contributed by atoms with Crippen molar-refractivity contribution < 1.29 is 9.32 Å². The molecule has 0 radical (unpaired) electrons. The molecule has 1 fully saturated rings. The third kappa shape index (κ3) is 2.52. The van der Waals surface area contributed by atoms with E-state index in [2.05, 4.69) is 28.3 Å². The average molecular weight is 325 g/mol. The van der Waals surface area contributed by atoms with Crippen LogP contribution in [0.15, 0.2) is 28.8 Å². The molecule has 1 aliphatic heterocycles. The summed E-state index contributed by atoms with van der Waals surface area (Å²) in [5.41, 5.74) is 2.51. The monoisotopic (exact) mass is 325 g/mol. The number of hydrogen-bond donors (Lipinski definition) is 0. The van der Waals surface area contributed by atoms with Gasteiger partial charge in [0.2, 0.25) is 11.8 Å². The number of benzene rings is 1. The normalized spacial score (nSPS) is 23.0. The number of hydrogen-bond acceptors (Lipinski definition) is 4. The van der Waals surface area contributed by atoms with Crippen molar-refractivity contribution in [1.29, 1.82) is 0 Å². The first kappa shape index (κ1) is 15.4. The Labute approximate surface area is 142 Å². The molecule has 2 aromatic rings. The van der Waals surface area contributed by atoms with E-state index in [4.69, 9.17) is 4.52 Å². The van der Waals surface area contributed by atoms with Crippen LogP contribution in [0.5, 0.6) is 0 Å². The zero-order valence-electron chi connectivity index (χ0n) is 14.2. The Balaban J connectivity index is 1.57. The van der Waals surface area contributed by atoms with Crippen LogP contribution in [-0.2, 0) is 11.2 Å². The lowest BCUT2D eigenvalue weighted by molar-refractivity contribution is -0.133. The SMILES string of the molecule is CC(C)c1nc([C@@H]2CCCN2C(=O)[C@@H]2CCc3ccccc32)no1. The molecule has 2 atom stereocenters. The smallest absolute Gasteiger partial charge is 0.230 e. The van der Waals surface area contributed by atoms with Crippen molar-refractivity contribution in [3.63, 3.8) is 0 Å². The number of aromatic nitrogens is 2. The number of likely N-dealkylation sites (tertiary alicyclic amines) is 1. The third-order valence-electron chi connectivity index (χ3n) is 5.22. The molecule has 1 aromatic carbocycles. The molecule has 0 spiro atoms. The first-order valence-electron chi connectivity index (χ1n) is 8.87. The summed E-state index contributed by atoms with van der Waals surface area (Å²) in [6.45, 7) is 4.85. The van der Waals surface area contributed by atoms with Gasteiger partial charge in [0.05, 0.1) is 12.0 Å². The molecule has 1 saturated heterocycles. The molecule has 0 N–H and O–H groups in total. The van der Waals surface area contributed by atoms with Gasteiger partial charge >= 0.3 is 0 Å². The number of carbonyl (C=O) groups is 1. The molecule has 2 aliphatic rings. The van der Waals surface area contributed by atoms with E-state index < -0.39 is 0 Å². The summed E-state index contributed by atoms with van der Waals surface area (Å²) in [4.78, 5) is 19.7. The minimum Gasteiger partial charge on any atom is -0.339 e. The first-order valence-corrected chi connectivity index (χ1v) is 8.87. The van der Waals surface area contributed by atoms with Crippen LogP contribution in [0.3, 0.4) is 0 Å².